The van der Waals surface area contributed by atoms with Gasteiger partial charge in [0.1, 0.15) is 11.8 Å². The van der Waals surface area contributed by atoms with Gasteiger partial charge in [-0.15, -0.1) is 0 Å². The highest BCUT2D eigenvalue weighted by Gasteiger charge is 2.11. The molecule has 4 heteroatoms. The van der Waals surface area contributed by atoms with Crippen LogP contribution in [0.5, 0.6) is 0 Å². The molecule has 0 aromatic carbocycles. The molecule has 1 aromatic heterocycles. The molecule has 0 saturated heterocycles. The van der Waals surface area contributed by atoms with E-state index >= 15 is 0 Å². The molecule has 0 saturated carbocycles. The van der Waals surface area contributed by atoms with Crippen LogP contribution >= 0.6 is 0 Å². The Balaban J connectivity index is 2.58. The minimum Gasteiger partial charge on any atom is -0.480 e. The van der Waals surface area contributed by atoms with Gasteiger partial charge >= 0.3 is 5.97 Å². The second-order valence-corrected chi connectivity index (χ2v) is 3.15. The first kappa shape index (κ1) is 10.5. The molecule has 0 radical (unpaired) electrons. The maximum atomic E-state index is 10.5. The van der Waals surface area contributed by atoms with Crippen LogP contribution in [-0.4, -0.2) is 17.1 Å². The first-order valence-electron chi connectivity index (χ1n) is 4.28. The van der Waals surface area contributed by atoms with Gasteiger partial charge in [0.25, 0.3) is 0 Å². The fourth-order valence-electron chi connectivity index (χ4n) is 1.11. The van der Waals surface area contributed by atoms with Gasteiger partial charge in [0, 0.05) is 0 Å². The van der Waals surface area contributed by atoms with Crippen LogP contribution in [0.3, 0.4) is 0 Å². The number of carboxylic acids is 1. The lowest BCUT2D eigenvalue weighted by Crippen LogP contribution is -2.30. The number of hydrogen-bond donors (Lipinski definition) is 2. The Morgan fingerprint density at radius 3 is 3.00 bits per heavy atom. The lowest BCUT2D eigenvalue weighted by molar-refractivity contribution is -0.138. The van der Waals surface area contributed by atoms with Crippen molar-refractivity contribution < 1.29 is 14.3 Å². The van der Waals surface area contributed by atoms with E-state index in [2.05, 4.69) is 0 Å². The van der Waals surface area contributed by atoms with E-state index in [0.717, 1.165) is 5.57 Å². The van der Waals surface area contributed by atoms with Gasteiger partial charge in [-0.1, -0.05) is 5.57 Å². The highest BCUT2D eigenvalue weighted by molar-refractivity contribution is 5.73. The van der Waals surface area contributed by atoms with Crippen molar-refractivity contribution in [2.75, 3.05) is 0 Å². The summed E-state index contributed by atoms with van der Waals surface area (Å²) in [6, 6.07) is 2.73. The van der Waals surface area contributed by atoms with E-state index in [-0.39, 0.29) is 0 Å². The Morgan fingerprint density at radius 2 is 2.50 bits per heavy atom. The number of aliphatic carboxylic acids is 1. The maximum absolute atomic E-state index is 10.5. The average molecular weight is 195 g/mol. The molecule has 4 nitrogen and oxygen atoms in total. The van der Waals surface area contributed by atoms with Gasteiger partial charge in [0.2, 0.25) is 0 Å². The molecule has 1 unspecified atom stereocenters. The van der Waals surface area contributed by atoms with E-state index in [4.69, 9.17) is 15.3 Å². The van der Waals surface area contributed by atoms with Crippen LogP contribution in [0.15, 0.2) is 28.4 Å². The molecule has 0 spiro atoms. The third-order valence-corrected chi connectivity index (χ3v) is 1.79. The van der Waals surface area contributed by atoms with Crippen molar-refractivity contribution in [3.63, 3.8) is 0 Å². The zero-order chi connectivity index (χ0) is 10.6. The molecule has 14 heavy (non-hydrogen) atoms. The molecule has 0 bridgehead atoms. The Hall–Kier alpha value is -1.55. The van der Waals surface area contributed by atoms with Crippen molar-refractivity contribution in [3.8, 4) is 0 Å². The first-order chi connectivity index (χ1) is 6.59. The smallest absolute Gasteiger partial charge is 0.320 e. The molecule has 3 N–H and O–H groups in total. The van der Waals surface area contributed by atoms with Crippen LogP contribution in [0, 0.1) is 0 Å². The molecule has 0 aliphatic rings. The number of carbonyl (C=O) groups is 1. The number of furan rings is 1. The minimum absolute atomic E-state index is 0.329. The number of nitrogens with two attached hydrogens (primary N) is 1. The molecule has 1 heterocycles. The van der Waals surface area contributed by atoms with Gasteiger partial charge in [-0.05, 0) is 31.6 Å². The Bertz CT molecular complexity index is 327. The van der Waals surface area contributed by atoms with E-state index in [0.29, 0.717) is 12.2 Å². The van der Waals surface area contributed by atoms with Crippen LogP contribution in [0.25, 0.3) is 6.08 Å². The van der Waals surface area contributed by atoms with E-state index in [1.807, 2.05) is 6.92 Å². The molecule has 1 aromatic rings. The average Bonchev–Trinajstić information content (AvgIpc) is 2.56. The van der Waals surface area contributed by atoms with Crippen LogP contribution in [0.1, 0.15) is 19.1 Å². The van der Waals surface area contributed by atoms with Crippen LogP contribution < -0.4 is 5.73 Å². The van der Waals surface area contributed by atoms with Gasteiger partial charge in [-0.3, -0.25) is 4.79 Å². The summed E-state index contributed by atoms with van der Waals surface area (Å²) in [7, 11) is 0. The van der Waals surface area contributed by atoms with Crippen molar-refractivity contribution >= 4 is 12.0 Å². The Morgan fingerprint density at radius 1 is 1.79 bits per heavy atom. The predicted molar refractivity (Wildman–Crippen MR) is 52.6 cm³/mol. The fraction of sp³-hybridized carbons (Fsp3) is 0.300. The van der Waals surface area contributed by atoms with E-state index in [1.54, 1.807) is 24.5 Å². The molecule has 76 valence electrons. The first-order valence-corrected chi connectivity index (χ1v) is 4.28. The topological polar surface area (TPSA) is 76.5 Å². The number of rotatable bonds is 4. The predicted octanol–water partition coefficient (Wildman–Crippen LogP) is 1.48. The normalized spacial score (nSPS) is 14.0. The van der Waals surface area contributed by atoms with Gasteiger partial charge in [0.15, 0.2) is 0 Å². The molecule has 1 atom stereocenters. The van der Waals surface area contributed by atoms with E-state index in [9.17, 15) is 4.79 Å². The summed E-state index contributed by atoms with van der Waals surface area (Å²) in [4.78, 5) is 10.5. The van der Waals surface area contributed by atoms with Gasteiger partial charge in [-0.25, -0.2) is 0 Å². The highest BCUT2D eigenvalue weighted by Crippen LogP contribution is 2.10. The summed E-state index contributed by atoms with van der Waals surface area (Å²) in [5.41, 5.74) is 6.26. The molecule has 1 rings (SSSR count). The Labute approximate surface area is 82.0 Å². The number of hydrogen-bond acceptors (Lipinski definition) is 3. The quantitative estimate of drug-likeness (QED) is 0.763. The largest absolute Gasteiger partial charge is 0.480 e. The van der Waals surface area contributed by atoms with Crippen molar-refractivity contribution in [1.29, 1.82) is 0 Å². The second-order valence-electron chi connectivity index (χ2n) is 3.15. The maximum Gasteiger partial charge on any atom is 0.320 e. The van der Waals surface area contributed by atoms with Crippen molar-refractivity contribution in [2.45, 2.75) is 19.4 Å². The molecular formula is C10H13NO3. The third-order valence-electron chi connectivity index (χ3n) is 1.79. The van der Waals surface area contributed by atoms with E-state index in [1.165, 1.54) is 0 Å². The summed E-state index contributed by atoms with van der Waals surface area (Å²) < 4.78 is 5.08. The van der Waals surface area contributed by atoms with Crippen molar-refractivity contribution in [3.05, 3.63) is 29.7 Å². The fourth-order valence-corrected chi connectivity index (χ4v) is 1.11. The van der Waals surface area contributed by atoms with Gasteiger partial charge in [-0.2, -0.15) is 0 Å². The monoisotopic (exact) mass is 195 g/mol. The summed E-state index contributed by atoms with van der Waals surface area (Å²) in [6.45, 7) is 1.82. The highest BCUT2D eigenvalue weighted by atomic mass is 16.4. The molecular weight excluding hydrogens is 182 g/mol. The van der Waals surface area contributed by atoms with Gasteiger partial charge < -0.3 is 15.3 Å². The minimum atomic E-state index is -0.989. The summed E-state index contributed by atoms with van der Waals surface area (Å²) in [5.74, 6) is -0.280. The van der Waals surface area contributed by atoms with Crippen LogP contribution in [0.4, 0.5) is 0 Å². The number of carboxylic acid groups (broad SMARTS) is 1. The molecule has 0 amide bonds. The second kappa shape index (κ2) is 4.62. The zero-order valence-corrected chi connectivity index (χ0v) is 7.93. The molecule has 0 fully saturated rings. The third kappa shape index (κ3) is 3.06. The van der Waals surface area contributed by atoms with Crippen LogP contribution in [0.2, 0.25) is 0 Å². The summed E-state index contributed by atoms with van der Waals surface area (Å²) >= 11 is 0. The molecule has 0 aliphatic carbocycles. The van der Waals surface area contributed by atoms with Crippen LogP contribution in [-0.2, 0) is 4.79 Å². The van der Waals surface area contributed by atoms with Gasteiger partial charge in [0.05, 0.1) is 6.26 Å². The summed E-state index contributed by atoms with van der Waals surface area (Å²) in [5, 5.41) is 8.58. The lowest BCUT2D eigenvalue weighted by Gasteiger charge is -2.05. The van der Waals surface area contributed by atoms with Crippen molar-refractivity contribution in [1.82, 2.24) is 0 Å². The van der Waals surface area contributed by atoms with Crippen molar-refractivity contribution in [2.24, 2.45) is 5.73 Å². The Kier molecular flexibility index (Phi) is 3.48. The SMILES string of the molecule is C/C(=C\c1ccco1)CC(N)C(=O)O. The van der Waals surface area contributed by atoms with E-state index < -0.39 is 12.0 Å². The standard InChI is InChI=1S/C10H13NO3/c1-7(6-9(11)10(12)13)5-8-3-2-4-14-8/h2-5,9H,6,11H2,1H3,(H,12,13)/b7-5+. The molecule has 0 aliphatic heterocycles. The zero-order valence-electron chi connectivity index (χ0n) is 7.93. The lowest BCUT2D eigenvalue weighted by atomic mass is 10.1. The summed E-state index contributed by atoms with van der Waals surface area (Å²) in [6.07, 6.45) is 3.68.